The number of carbonyl (C=O) groups excluding carboxylic acids is 1. The van der Waals surface area contributed by atoms with Crippen molar-refractivity contribution in [3.8, 4) is 0 Å². The molecule has 20 heavy (non-hydrogen) atoms. The number of nitrogens with two attached hydrogens (primary N) is 1. The SMILES string of the molecule is NCC1CCCC1C(=O)Cc1cccc(C(F)(F)F)c1. The summed E-state index contributed by atoms with van der Waals surface area (Å²) in [5.41, 5.74) is 5.36. The Labute approximate surface area is 116 Å². The number of carbonyl (C=O) groups is 1. The highest BCUT2D eigenvalue weighted by Crippen LogP contribution is 2.33. The van der Waals surface area contributed by atoms with Crippen LogP contribution in [-0.4, -0.2) is 12.3 Å². The molecule has 0 bridgehead atoms. The van der Waals surface area contributed by atoms with Crippen LogP contribution in [0.5, 0.6) is 0 Å². The second kappa shape index (κ2) is 5.95. The van der Waals surface area contributed by atoms with Gasteiger partial charge in [0.2, 0.25) is 0 Å². The molecule has 0 spiro atoms. The third-order valence-corrected chi connectivity index (χ3v) is 4.01. The predicted molar refractivity (Wildman–Crippen MR) is 70.0 cm³/mol. The van der Waals surface area contributed by atoms with Crippen molar-refractivity contribution in [2.24, 2.45) is 17.6 Å². The number of Topliss-reactive ketones (excluding diaryl/α,β-unsaturated/α-hetero) is 1. The summed E-state index contributed by atoms with van der Waals surface area (Å²) in [7, 11) is 0. The van der Waals surface area contributed by atoms with E-state index in [1.165, 1.54) is 6.07 Å². The standard InChI is InChI=1S/C15H18F3NO/c16-15(17,18)12-5-1-3-10(7-12)8-14(20)13-6-2-4-11(13)9-19/h1,3,5,7,11,13H,2,4,6,8-9,19H2. The van der Waals surface area contributed by atoms with Crippen molar-refractivity contribution in [1.82, 2.24) is 0 Å². The Balaban J connectivity index is 2.08. The average Bonchev–Trinajstić information content (AvgIpc) is 2.86. The molecule has 1 fully saturated rings. The molecular formula is C15H18F3NO. The summed E-state index contributed by atoms with van der Waals surface area (Å²) >= 11 is 0. The first-order chi connectivity index (χ1) is 9.41. The lowest BCUT2D eigenvalue weighted by atomic mass is 9.88. The molecule has 2 N–H and O–H groups in total. The monoisotopic (exact) mass is 285 g/mol. The molecule has 2 rings (SSSR count). The maximum atomic E-state index is 12.6. The van der Waals surface area contributed by atoms with E-state index in [0.717, 1.165) is 31.4 Å². The quantitative estimate of drug-likeness (QED) is 0.923. The highest BCUT2D eigenvalue weighted by Gasteiger charge is 2.33. The number of rotatable bonds is 4. The lowest BCUT2D eigenvalue weighted by Gasteiger charge is -2.16. The highest BCUT2D eigenvalue weighted by atomic mass is 19.4. The van der Waals surface area contributed by atoms with Crippen LogP contribution in [0.1, 0.15) is 30.4 Å². The molecule has 0 aliphatic heterocycles. The Bertz CT molecular complexity index is 484. The fourth-order valence-corrected chi connectivity index (χ4v) is 2.93. The minimum atomic E-state index is -4.37. The van der Waals surface area contributed by atoms with Crippen LogP contribution < -0.4 is 5.73 Å². The van der Waals surface area contributed by atoms with Crippen LogP contribution in [0.4, 0.5) is 13.2 Å². The van der Waals surface area contributed by atoms with E-state index < -0.39 is 11.7 Å². The maximum absolute atomic E-state index is 12.6. The number of hydrogen-bond donors (Lipinski definition) is 1. The molecule has 2 unspecified atom stereocenters. The molecule has 2 atom stereocenters. The van der Waals surface area contributed by atoms with Gasteiger partial charge in [-0.1, -0.05) is 24.6 Å². The van der Waals surface area contributed by atoms with Crippen LogP contribution in [-0.2, 0) is 17.4 Å². The van der Waals surface area contributed by atoms with Crippen LogP contribution in [0, 0.1) is 11.8 Å². The molecule has 110 valence electrons. The molecule has 2 nitrogen and oxygen atoms in total. The smallest absolute Gasteiger partial charge is 0.330 e. The van der Waals surface area contributed by atoms with Gasteiger partial charge in [-0.3, -0.25) is 4.79 Å². The minimum Gasteiger partial charge on any atom is -0.330 e. The summed E-state index contributed by atoms with van der Waals surface area (Å²) in [6, 6.07) is 5.00. The van der Waals surface area contributed by atoms with Gasteiger partial charge in [0.25, 0.3) is 0 Å². The van der Waals surface area contributed by atoms with Gasteiger partial charge in [-0.2, -0.15) is 13.2 Å². The largest absolute Gasteiger partial charge is 0.416 e. The number of ketones is 1. The Morgan fingerprint density at radius 2 is 2.05 bits per heavy atom. The van der Waals surface area contributed by atoms with Crippen LogP contribution in [0.2, 0.25) is 0 Å². The van der Waals surface area contributed by atoms with Crippen molar-refractivity contribution >= 4 is 5.78 Å². The molecule has 1 saturated carbocycles. The summed E-state index contributed by atoms with van der Waals surface area (Å²) in [5.74, 6) is 0.111. The molecule has 1 aliphatic rings. The van der Waals surface area contributed by atoms with Crippen molar-refractivity contribution < 1.29 is 18.0 Å². The topological polar surface area (TPSA) is 43.1 Å². The van der Waals surface area contributed by atoms with E-state index in [9.17, 15) is 18.0 Å². The van der Waals surface area contributed by atoms with Gasteiger partial charge >= 0.3 is 6.18 Å². The molecule has 1 aromatic carbocycles. The normalized spacial score (nSPS) is 23.0. The molecule has 0 amide bonds. The zero-order chi connectivity index (χ0) is 14.8. The number of benzene rings is 1. The van der Waals surface area contributed by atoms with Crippen molar-refractivity contribution in [3.05, 3.63) is 35.4 Å². The van der Waals surface area contributed by atoms with Crippen molar-refractivity contribution in [2.45, 2.75) is 31.9 Å². The highest BCUT2D eigenvalue weighted by molar-refractivity contribution is 5.83. The summed E-state index contributed by atoms with van der Waals surface area (Å²) in [6.07, 6.45) is -1.59. The van der Waals surface area contributed by atoms with Gasteiger partial charge in [0, 0.05) is 12.3 Å². The first-order valence-electron chi connectivity index (χ1n) is 6.80. The van der Waals surface area contributed by atoms with Gasteiger partial charge in [0.15, 0.2) is 0 Å². The van der Waals surface area contributed by atoms with Crippen molar-refractivity contribution in [2.75, 3.05) is 6.54 Å². The maximum Gasteiger partial charge on any atom is 0.416 e. The van der Waals surface area contributed by atoms with E-state index in [1.807, 2.05) is 0 Å². The third kappa shape index (κ3) is 3.39. The second-order valence-electron chi connectivity index (χ2n) is 5.37. The lowest BCUT2D eigenvalue weighted by molar-refractivity contribution is -0.137. The van der Waals surface area contributed by atoms with Gasteiger partial charge in [-0.25, -0.2) is 0 Å². The first kappa shape index (κ1) is 15.0. The fraction of sp³-hybridized carbons (Fsp3) is 0.533. The minimum absolute atomic E-state index is 0.0114. The van der Waals surface area contributed by atoms with Crippen LogP contribution in [0.15, 0.2) is 24.3 Å². The molecule has 0 saturated heterocycles. The van der Waals surface area contributed by atoms with E-state index >= 15 is 0 Å². The number of halogens is 3. The van der Waals surface area contributed by atoms with Gasteiger partial charge < -0.3 is 5.73 Å². The predicted octanol–water partition coefficient (Wildman–Crippen LogP) is 3.19. The van der Waals surface area contributed by atoms with Crippen LogP contribution in [0.25, 0.3) is 0 Å². The Morgan fingerprint density at radius 3 is 2.70 bits per heavy atom. The zero-order valence-corrected chi connectivity index (χ0v) is 11.1. The molecule has 1 aliphatic carbocycles. The van der Waals surface area contributed by atoms with Gasteiger partial charge in [-0.05, 0) is 36.9 Å². The van der Waals surface area contributed by atoms with E-state index in [1.54, 1.807) is 6.07 Å². The molecule has 1 aromatic rings. The average molecular weight is 285 g/mol. The van der Waals surface area contributed by atoms with E-state index in [0.29, 0.717) is 12.1 Å². The number of hydrogen-bond acceptors (Lipinski definition) is 2. The lowest BCUT2D eigenvalue weighted by Crippen LogP contribution is -2.26. The van der Waals surface area contributed by atoms with Gasteiger partial charge in [0.05, 0.1) is 5.56 Å². The Morgan fingerprint density at radius 1 is 1.30 bits per heavy atom. The van der Waals surface area contributed by atoms with Gasteiger partial charge in [0.1, 0.15) is 5.78 Å². The Hall–Kier alpha value is -1.36. The van der Waals surface area contributed by atoms with E-state index in [4.69, 9.17) is 5.73 Å². The molecule has 0 aromatic heterocycles. The third-order valence-electron chi connectivity index (χ3n) is 4.01. The summed E-state index contributed by atoms with van der Waals surface area (Å²) in [5, 5.41) is 0. The van der Waals surface area contributed by atoms with Crippen LogP contribution in [0.3, 0.4) is 0 Å². The number of alkyl halides is 3. The zero-order valence-electron chi connectivity index (χ0n) is 11.1. The first-order valence-corrected chi connectivity index (χ1v) is 6.80. The fourth-order valence-electron chi connectivity index (χ4n) is 2.93. The van der Waals surface area contributed by atoms with E-state index in [-0.39, 0.29) is 24.0 Å². The molecule has 5 heteroatoms. The summed E-state index contributed by atoms with van der Waals surface area (Å²) < 4.78 is 37.9. The molecule has 0 radical (unpaired) electrons. The Kier molecular flexibility index (Phi) is 4.48. The van der Waals surface area contributed by atoms with E-state index in [2.05, 4.69) is 0 Å². The molecular weight excluding hydrogens is 267 g/mol. The van der Waals surface area contributed by atoms with Crippen molar-refractivity contribution in [3.63, 3.8) is 0 Å². The summed E-state index contributed by atoms with van der Waals surface area (Å²) in [4.78, 5) is 12.2. The van der Waals surface area contributed by atoms with Crippen molar-refractivity contribution in [1.29, 1.82) is 0 Å². The molecule has 0 heterocycles. The van der Waals surface area contributed by atoms with Gasteiger partial charge in [-0.15, -0.1) is 0 Å². The van der Waals surface area contributed by atoms with Crippen LogP contribution >= 0.6 is 0 Å². The summed E-state index contributed by atoms with van der Waals surface area (Å²) in [6.45, 7) is 0.471. The second-order valence-corrected chi connectivity index (χ2v) is 5.37.